The van der Waals surface area contributed by atoms with Crippen LogP contribution in [-0.2, 0) is 63.7 Å². The van der Waals surface area contributed by atoms with Gasteiger partial charge in [0.05, 0.1) is 58.3 Å². The number of ether oxygens (including phenoxy) is 4. The minimum Gasteiger partial charge on any atom is -0.508 e. The normalized spacial score (nSPS) is 12.1. The maximum absolute atomic E-state index is 12.7. The van der Waals surface area contributed by atoms with Crippen molar-refractivity contribution in [1.82, 2.24) is 31.9 Å². The first kappa shape index (κ1) is 70.9. The molecule has 0 spiro atoms. The maximum atomic E-state index is 12.7. The van der Waals surface area contributed by atoms with Gasteiger partial charge < -0.3 is 66.3 Å². The number of amides is 5. The number of aliphatic carboxylic acids is 1. The zero-order chi connectivity index (χ0) is 56.4. The lowest BCUT2D eigenvalue weighted by molar-refractivity contribution is -0.142. The molecule has 0 heterocycles. The first-order valence-corrected chi connectivity index (χ1v) is 27.7. The summed E-state index contributed by atoms with van der Waals surface area (Å²) in [5, 5.41) is 35.1. The number of ketones is 2. The number of nitrogens with one attached hydrogen (secondary N) is 6. The summed E-state index contributed by atoms with van der Waals surface area (Å²) in [4.78, 5) is 92.6. The van der Waals surface area contributed by atoms with Crippen molar-refractivity contribution in [3.8, 4) is 5.75 Å². The molecule has 3 atom stereocenters. The number of likely N-dealkylation sites (N-methyl/N-ethyl adjacent to an activating group) is 1. The molecule has 0 fully saturated rings. The summed E-state index contributed by atoms with van der Waals surface area (Å²) in [6.07, 6.45) is 21.6. The van der Waals surface area contributed by atoms with E-state index in [0.29, 0.717) is 77.2 Å². The molecule has 21 nitrogen and oxygen atoms in total. The summed E-state index contributed by atoms with van der Waals surface area (Å²) in [5.74, 6) is -1.97. The van der Waals surface area contributed by atoms with Crippen LogP contribution in [0.3, 0.4) is 0 Å². The summed E-state index contributed by atoms with van der Waals surface area (Å²) < 4.78 is 21.1. The molecule has 5 amide bonds. The monoisotopic (exact) mass is 1080 g/mol. The number of phenols is 1. The van der Waals surface area contributed by atoms with Gasteiger partial charge in [0, 0.05) is 39.4 Å². The first-order valence-electron chi connectivity index (χ1n) is 27.7. The minimum absolute atomic E-state index is 0.0284. The summed E-state index contributed by atoms with van der Waals surface area (Å²) in [6.45, 7) is 7.68. The Hall–Kier alpha value is -5.06. The molecule has 1 rings (SSSR count). The Morgan fingerprint density at radius 2 is 1.04 bits per heavy atom. The third kappa shape index (κ3) is 45.2. The lowest BCUT2D eigenvalue weighted by atomic mass is 10.0. The van der Waals surface area contributed by atoms with Crippen LogP contribution in [0.4, 0.5) is 0 Å². The number of rotatable bonds is 50. The highest BCUT2D eigenvalue weighted by molar-refractivity contribution is 5.87. The average molecular weight is 1080 g/mol. The fourth-order valence-electron chi connectivity index (χ4n) is 7.68. The predicted molar refractivity (Wildman–Crippen MR) is 292 cm³/mol. The molecular formula is C55H97N7O14. The van der Waals surface area contributed by atoms with Gasteiger partial charge in [-0.15, -0.1) is 0 Å². The Balaban J connectivity index is 0.00000166. The van der Waals surface area contributed by atoms with E-state index in [4.69, 9.17) is 29.8 Å². The fraction of sp³-hybridized carbons (Fsp3) is 0.745. The van der Waals surface area contributed by atoms with Crippen LogP contribution in [0.2, 0.25) is 0 Å². The SMILES string of the molecule is CCC[C@H](NC(=O)CCCCCCCCCCCCCCCCC(C)=O)C(=O)O.CN[C@@H](CCCCNC(=O)COCCOCCNC(=O)COCCOCCNC(C)=O)C(=O)CN[C@@H](Cc1ccc(O)cc1)C(N)=O. The topological polar surface area (TPSA) is 312 Å². The maximum Gasteiger partial charge on any atom is 0.326 e. The molecule has 436 valence electrons. The molecule has 0 aliphatic heterocycles. The molecule has 0 radical (unpaired) electrons. The Bertz CT molecular complexity index is 1720. The number of hydrogen-bond donors (Lipinski definition) is 9. The van der Waals surface area contributed by atoms with E-state index in [1.165, 1.54) is 83.3 Å². The second-order valence-electron chi connectivity index (χ2n) is 18.9. The van der Waals surface area contributed by atoms with Crippen LogP contribution in [0, 0.1) is 0 Å². The molecule has 0 saturated heterocycles. The van der Waals surface area contributed by atoms with Crippen molar-refractivity contribution >= 4 is 47.1 Å². The van der Waals surface area contributed by atoms with E-state index in [2.05, 4.69) is 31.9 Å². The predicted octanol–water partition coefficient (Wildman–Crippen LogP) is 4.33. The highest BCUT2D eigenvalue weighted by atomic mass is 16.5. The van der Waals surface area contributed by atoms with Gasteiger partial charge in [-0.3, -0.25) is 34.1 Å². The smallest absolute Gasteiger partial charge is 0.326 e. The lowest BCUT2D eigenvalue weighted by Crippen LogP contribution is -2.48. The van der Waals surface area contributed by atoms with E-state index in [9.17, 15) is 43.5 Å². The van der Waals surface area contributed by atoms with Crippen molar-refractivity contribution in [3.05, 3.63) is 29.8 Å². The van der Waals surface area contributed by atoms with Crippen molar-refractivity contribution in [2.75, 3.05) is 86.1 Å². The van der Waals surface area contributed by atoms with E-state index >= 15 is 0 Å². The lowest BCUT2D eigenvalue weighted by Gasteiger charge is -2.19. The zero-order valence-electron chi connectivity index (χ0n) is 46.5. The molecule has 0 saturated carbocycles. The van der Waals surface area contributed by atoms with Crippen molar-refractivity contribution in [2.24, 2.45) is 5.73 Å². The van der Waals surface area contributed by atoms with E-state index in [1.54, 1.807) is 26.1 Å². The third-order valence-electron chi connectivity index (χ3n) is 12.0. The fourth-order valence-corrected chi connectivity index (χ4v) is 7.68. The van der Waals surface area contributed by atoms with Crippen molar-refractivity contribution in [3.63, 3.8) is 0 Å². The van der Waals surface area contributed by atoms with Gasteiger partial charge in [0.2, 0.25) is 29.5 Å². The number of carbonyl (C=O) groups excluding carboxylic acids is 7. The van der Waals surface area contributed by atoms with Crippen LogP contribution in [0.5, 0.6) is 5.75 Å². The molecular weight excluding hydrogens is 983 g/mol. The second kappa shape index (κ2) is 49.5. The van der Waals surface area contributed by atoms with Crippen LogP contribution in [0.1, 0.15) is 161 Å². The highest BCUT2D eigenvalue weighted by Crippen LogP contribution is 2.15. The number of Topliss-reactive ketones (excluding diaryl/α,β-unsaturated/α-hetero) is 2. The number of carbonyl (C=O) groups is 8. The summed E-state index contributed by atoms with van der Waals surface area (Å²) in [5.41, 5.74) is 6.30. The quantitative estimate of drug-likeness (QED) is 0.0410. The third-order valence-corrected chi connectivity index (χ3v) is 12.0. The van der Waals surface area contributed by atoms with Gasteiger partial charge >= 0.3 is 5.97 Å². The summed E-state index contributed by atoms with van der Waals surface area (Å²) in [7, 11) is 1.69. The molecule has 1 aromatic carbocycles. The number of primary amides is 1. The number of carboxylic acid groups (broad SMARTS) is 1. The standard InChI is InChI=1S/C31H52N6O10.C24H45NO4/c1-23(38)34-11-13-44-15-17-47-22-30(42)36-12-14-45-16-18-46-21-29(41)35-10-4-3-5-26(33-2)28(40)20-37-27(31(32)43)19-24-6-8-25(39)9-7-24;1-3-18-22(24(28)29)25-23(27)20-17-15-13-11-9-7-5-4-6-8-10-12-14-16-19-21(2)26/h6-9,26-27,33,37,39H,3-5,10-22H2,1-2H3,(H2,32,43)(H,34,38)(H,35,41)(H,36,42);22H,3-20H2,1-2H3,(H,25,27)(H,28,29)/t26-,27-;22-/m00/s1. The van der Waals surface area contributed by atoms with Crippen molar-refractivity contribution < 1.29 is 67.5 Å². The van der Waals surface area contributed by atoms with Crippen LogP contribution in [0.25, 0.3) is 0 Å². The molecule has 0 bridgehead atoms. The molecule has 0 unspecified atom stereocenters. The van der Waals surface area contributed by atoms with Gasteiger partial charge in [-0.25, -0.2) is 4.79 Å². The largest absolute Gasteiger partial charge is 0.508 e. The Kier molecular flexibility index (Phi) is 46.2. The molecule has 76 heavy (non-hydrogen) atoms. The van der Waals surface area contributed by atoms with Gasteiger partial charge in [0.15, 0.2) is 5.78 Å². The second-order valence-corrected chi connectivity index (χ2v) is 18.9. The molecule has 0 aliphatic rings. The number of aromatic hydroxyl groups is 1. The molecule has 0 aliphatic carbocycles. The number of phenolic OH excluding ortho intramolecular Hbond substituents is 1. The van der Waals surface area contributed by atoms with Gasteiger partial charge in [-0.2, -0.15) is 0 Å². The number of nitrogens with two attached hydrogens (primary N) is 1. The zero-order valence-corrected chi connectivity index (χ0v) is 46.5. The molecule has 10 N–H and O–H groups in total. The van der Waals surface area contributed by atoms with Gasteiger partial charge in [-0.05, 0) is 76.6 Å². The van der Waals surface area contributed by atoms with E-state index in [-0.39, 0.29) is 81.3 Å². The molecule has 21 heteroatoms. The molecule has 0 aromatic heterocycles. The highest BCUT2D eigenvalue weighted by Gasteiger charge is 2.21. The Labute approximate surface area is 452 Å². The number of hydrogen-bond acceptors (Lipinski definition) is 15. The Morgan fingerprint density at radius 1 is 0.553 bits per heavy atom. The van der Waals surface area contributed by atoms with Gasteiger partial charge in [0.25, 0.3) is 0 Å². The van der Waals surface area contributed by atoms with Gasteiger partial charge in [-0.1, -0.05) is 103 Å². The van der Waals surface area contributed by atoms with Crippen molar-refractivity contribution in [1.29, 1.82) is 0 Å². The number of benzene rings is 1. The Morgan fingerprint density at radius 3 is 1.51 bits per heavy atom. The molecule has 1 aromatic rings. The number of unbranched alkanes of at least 4 members (excludes halogenated alkanes) is 14. The summed E-state index contributed by atoms with van der Waals surface area (Å²) in [6, 6.07) is 4.55. The van der Waals surface area contributed by atoms with Crippen LogP contribution in [-0.4, -0.2) is 161 Å². The van der Waals surface area contributed by atoms with E-state index in [0.717, 1.165) is 44.1 Å². The van der Waals surface area contributed by atoms with Gasteiger partial charge in [0.1, 0.15) is 30.8 Å². The van der Waals surface area contributed by atoms with Crippen LogP contribution in [0.15, 0.2) is 24.3 Å². The average Bonchev–Trinajstić information content (AvgIpc) is 3.37. The van der Waals surface area contributed by atoms with Crippen LogP contribution < -0.4 is 37.6 Å². The van der Waals surface area contributed by atoms with Crippen molar-refractivity contribution in [2.45, 2.75) is 180 Å². The van der Waals surface area contributed by atoms with E-state index < -0.39 is 30.0 Å². The van der Waals surface area contributed by atoms with E-state index in [1.807, 2.05) is 6.92 Å². The summed E-state index contributed by atoms with van der Waals surface area (Å²) >= 11 is 0. The minimum atomic E-state index is -0.940. The van der Waals surface area contributed by atoms with Crippen LogP contribution >= 0.6 is 0 Å². The number of carboxylic acids is 1. The first-order chi connectivity index (χ1) is 36.6.